The largest absolute Gasteiger partial charge is 0.493 e. The SMILES string of the molecule is COc1cc(CNCCCNC(C)=O)cc(Br)c1OCc1ccccc1F. The minimum atomic E-state index is -0.298. The molecule has 0 atom stereocenters. The van der Waals surface area contributed by atoms with Gasteiger partial charge in [0.1, 0.15) is 12.4 Å². The molecule has 0 saturated heterocycles. The average molecular weight is 439 g/mol. The molecule has 0 heterocycles. The lowest BCUT2D eigenvalue weighted by Gasteiger charge is -2.15. The van der Waals surface area contributed by atoms with Gasteiger partial charge in [-0.2, -0.15) is 0 Å². The van der Waals surface area contributed by atoms with Crippen molar-refractivity contribution >= 4 is 21.8 Å². The Kier molecular flexibility index (Phi) is 8.54. The van der Waals surface area contributed by atoms with Gasteiger partial charge in [-0.1, -0.05) is 18.2 Å². The van der Waals surface area contributed by atoms with Gasteiger partial charge < -0.3 is 20.1 Å². The van der Waals surface area contributed by atoms with E-state index in [1.54, 1.807) is 25.3 Å². The van der Waals surface area contributed by atoms with Crippen molar-refractivity contribution in [3.63, 3.8) is 0 Å². The van der Waals surface area contributed by atoms with Crippen LogP contribution in [0, 0.1) is 5.82 Å². The fraction of sp³-hybridized carbons (Fsp3) is 0.350. The van der Waals surface area contributed by atoms with Gasteiger partial charge in [0, 0.05) is 25.6 Å². The van der Waals surface area contributed by atoms with Crippen molar-refractivity contribution in [3.05, 3.63) is 57.8 Å². The first-order chi connectivity index (χ1) is 13.0. The summed E-state index contributed by atoms with van der Waals surface area (Å²) in [4.78, 5) is 10.8. The summed E-state index contributed by atoms with van der Waals surface area (Å²) in [6.45, 7) is 3.71. The summed E-state index contributed by atoms with van der Waals surface area (Å²) in [6, 6.07) is 10.4. The average Bonchev–Trinajstić information content (AvgIpc) is 2.64. The zero-order chi connectivity index (χ0) is 19.6. The minimum Gasteiger partial charge on any atom is -0.493 e. The summed E-state index contributed by atoms with van der Waals surface area (Å²) >= 11 is 3.51. The molecule has 0 aliphatic carbocycles. The number of benzene rings is 2. The van der Waals surface area contributed by atoms with Gasteiger partial charge in [-0.3, -0.25) is 4.79 Å². The summed E-state index contributed by atoms with van der Waals surface area (Å²) in [7, 11) is 1.57. The lowest BCUT2D eigenvalue weighted by atomic mass is 10.2. The Hall–Kier alpha value is -2.12. The molecule has 7 heteroatoms. The van der Waals surface area contributed by atoms with E-state index in [1.165, 1.54) is 13.0 Å². The van der Waals surface area contributed by atoms with E-state index in [-0.39, 0.29) is 18.3 Å². The molecule has 0 fully saturated rings. The number of rotatable bonds is 10. The molecule has 2 aromatic carbocycles. The minimum absolute atomic E-state index is 0.0189. The maximum Gasteiger partial charge on any atom is 0.216 e. The summed E-state index contributed by atoms with van der Waals surface area (Å²) < 4.78 is 25.7. The molecule has 146 valence electrons. The van der Waals surface area contributed by atoms with Gasteiger partial charge in [-0.15, -0.1) is 0 Å². The fourth-order valence-electron chi connectivity index (χ4n) is 2.49. The molecule has 0 bridgehead atoms. The Morgan fingerprint density at radius 2 is 2.00 bits per heavy atom. The molecular weight excluding hydrogens is 415 g/mol. The van der Waals surface area contributed by atoms with E-state index >= 15 is 0 Å². The highest BCUT2D eigenvalue weighted by molar-refractivity contribution is 9.10. The van der Waals surface area contributed by atoms with Crippen molar-refractivity contribution in [2.24, 2.45) is 0 Å². The Morgan fingerprint density at radius 1 is 1.22 bits per heavy atom. The van der Waals surface area contributed by atoms with Crippen LogP contribution in [0.2, 0.25) is 0 Å². The number of halogens is 2. The predicted octanol–water partition coefficient (Wildman–Crippen LogP) is 3.79. The van der Waals surface area contributed by atoms with Crippen LogP contribution >= 0.6 is 15.9 Å². The number of carbonyl (C=O) groups excluding carboxylic acids is 1. The number of ether oxygens (including phenoxy) is 2. The van der Waals surface area contributed by atoms with Gasteiger partial charge >= 0.3 is 0 Å². The molecule has 0 aromatic heterocycles. The molecule has 27 heavy (non-hydrogen) atoms. The van der Waals surface area contributed by atoms with Crippen LogP contribution in [-0.4, -0.2) is 26.1 Å². The number of nitrogens with one attached hydrogen (secondary N) is 2. The van der Waals surface area contributed by atoms with Crippen molar-refractivity contribution in [2.45, 2.75) is 26.5 Å². The summed E-state index contributed by atoms with van der Waals surface area (Å²) in [6.07, 6.45) is 0.849. The molecule has 2 aromatic rings. The topological polar surface area (TPSA) is 59.6 Å². The molecular formula is C20H24BrFN2O3. The summed E-state index contributed by atoms with van der Waals surface area (Å²) in [5, 5.41) is 6.08. The van der Waals surface area contributed by atoms with E-state index in [2.05, 4.69) is 26.6 Å². The van der Waals surface area contributed by atoms with Gasteiger partial charge in [-0.25, -0.2) is 4.39 Å². The number of amides is 1. The molecule has 0 aliphatic heterocycles. The summed E-state index contributed by atoms with van der Waals surface area (Å²) in [5.74, 6) is 0.799. The molecule has 0 unspecified atom stereocenters. The number of hydrogen-bond donors (Lipinski definition) is 2. The van der Waals surface area contributed by atoms with Crippen LogP contribution in [0.15, 0.2) is 40.9 Å². The normalized spacial score (nSPS) is 10.5. The van der Waals surface area contributed by atoms with Gasteiger partial charge in [0.15, 0.2) is 11.5 Å². The summed E-state index contributed by atoms with van der Waals surface area (Å²) in [5.41, 5.74) is 1.51. The molecule has 0 saturated carbocycles. The maximum absolute atomic E-state index is 13.8. The number of methoxy groups -OCH3 is 1. The lowest BCUT2D eigenvalue weighted by molar-refractivity contribution is -0.118. The van der Waals surface area contributed by atoms with E-state index in [0.29, 0.717) is 30.2 Å². The zero-order valence-electron chi connectivity index (χ0n) is 15.5. The fourth-order valence-corrected chi connectivity index (χ4v) is 3.10. The van der Waals surface area contributed by atoms with Crippen LogP contribution in [0.25, 0.3) is 0 Å². The van der Waals surface area contributed by atoms with E-state index in [1.807, 2.05) is 12.1 Å². The number of carbonyl (C=O) groups is 1. The van der Waals surface area contributed by atoms with Crippen LogP contribution < -0.4 is 20.1 Å². The Bertz CT molecular complexity index is 771. The van der Waals surface area contributed by atoms with Gasteiger partial charge in [0.25, 0.3) is 0 Å². The first-order valence-corrected chi connectivity index (χ1v) is 9.48. The van der Waals surface area contributed by atoms with Crippen LogP contribution in [-0.2, 0) is 17.9 Å². The zero-order valence-corrected chi connectivity index (χ0v) is 17.1. The van der Waals surface area contributed by atoms with Gasteiger partial charge in [-0.05, 0) is 52.7 Å². The smallest absolute Gasteiger partial charge is 0.216 e. The Morgan fingerprint density at radius 3 is 2.70 bits per heavy atom. The third-order valence-electron chi connectivity index (χ3n) is 3.85. The number of hydrogen-bond acceptors (Lipinski definition) is 4. The van der Waals surface area contributed by atoms with Crippen molar-refractivity contribution < 1.29 is 18.7 Å². The standard InChI is InChI=1S/C20H24BrFN2O3/c1-14(25)24-9-5-8-23-12-15-10-17(21)20(19(11-15)26-2)27-13-16-6-3-4-7-18(16)22/h3-4,6-7,10-11,23H,5,8-9,12-13H2,1-2H3,(H,24,25). The highest BCUT2D eigenvalue weighted by Gasteiger charge is 2.13. The molecule has 0 aliphatic rings. The van der Waals surface area contributed by atoms with Gasteiger partial charge in [0.05, 0.1) is 11.6 Å². The van der Waals surface area contributed by atoms with E-state index in [4.69, 9.17) is 9.47 Å². The predicted molar refractivity (Wildman–Crippen MR) is 106 cm³/mol. The molecule has 1 amide bonds. The Balaban J connectivity index is 1.93. The van der Waals surface area contributed by atoms with Crippen LogP contribution in [0.3, 0.4) is 0 Å². The van der Waals surface area contributed by atoms with Crippen molar-refractivity contribution in [1.29, 1.82) is 0 Å². The van der Waals surface area contributed by atoms with Crippen molar-refractivity contribution in [3.8, 4) is 11.5 Å². The van der Waals surface area contributed by atoms with E-state index < -0.39 is 0 Å². The van der Waals surface area contributed by atoms with Crippen LogP contribution in [0.5, 0.6) is 11.5 Å². The highest BCUT2D eigenvalue weighted by atomic mass is 79.9. The maximum atomic E-state index is 13.8. The molecule has 2 rings (SSSR count). The van der Waals surface area contributed by atoms with E-state index in [9.17, 15) is 9.18 Å². The monoisotopic (exact) mass is 438 g/mol. The van der Waals surface area contributed by atoms with E-state index in [0.717, 1.165) is 23.0 Å². The molecule has 5 nitrogen and oxygen atoms in total. The van der Waals surface area contributed by atoms with Gasteiger partial charge in [0.2, 0.25) is 5.91 Å². The van der Waals surface area contributed by atoms with Crippen molar-refractivity contribution in [2.75, 3.05) is 20.2 Å². The third kappa shape index (κ3) is 6.84. The van der Waals surface area contributed by atoms with Crippen molar-refractivity contribution in [1.82, 2.24) is 10.6 Å². The molecule has 0 radical (unpaired) electrons. The van der Waals surface area contributed by atoms with Crippen LogP contribution in [0.1, 0.15) is 24.5 Å². The highest BCUT2D eigenvalue weighted by Crippen LogP contribution is 2.37. The van der Waals surface area contributed by atoms with Crippen LogP contribution in [0.4, 0.5) is 4.39 Å². The third-order valence-corrected chi connectivity index (χ3v) is 4.44. The first-order valence-electron chi connectivity index (χ1n) is 8.69. The molecule has 0 spiro atoms. The second kappa shape index (κ2) is 10.9. The second-order valence-corrected chi connectivity index (χ2v) is 6.86. The molecule has 2 N–H and O–H groups in total. The quantitative estimate of drug-likeness (QED) is 0.554. The first kappa shape index (κ1) is 21.2. The Labute approximate surface area is 167 Å². The lowest BCUT2D eigenvalue weighted by Crippen LogP contribution is -2.25. The second-order valence-electron chi connectivity index (χ2n) is 6.00.